The minimum absolute atomic E-state index is 0. The zero-order valence-corrected chi connectivity index (χ0v) is 12.8. The Labute approximate surface area is 126 Å². The second-order valence-corrected chi connectivity index (χ2v) is 5.92. The summed E-state index contributed by atoms with van der Waals surface area (Å²) in [6.45, 7) is 3.13. The highest BCUT2D eigenvalue weighted by atomic mass is 35.5. The molecule has 3 nitrogen and oxygen atoms in total. The van der Waals surface area contributed by atoms with Crippen LogP contribution in [0.25, 0.3) is 0 Å². The molecule has 110 valence electrons. The summed E-state index contributed by atoms with van der Waals surface area (Å²) in [6, 6.07) is 6.27. The Kier molecular flexibility index (Phi) is 4.92. The number of carbonyl (C=O) groups is 1. The van der Waals surface area contributed by atoms with Crippen LogP contribution in [-0.2, 0) is 6.42 Å². The average molecular weight is 295 g/mol. The zero-order chi connectivity index (χ0) is 13.2. The normalized spacial score (nSPS) is 18.2. The van der Waals surface area contributed by atoms with E-state index in [4.69, 9.17) is 0 Å². The number of halogens is 1. The van der Waals surface area contributed by atoms with Crippen molar-refractivity contribution in [2.24, 2.45) is 5.92 Å². The lowest BCUT2D eigenvalue weighted by Gasteiger charge is -2.21. The van der Waals surface area contributed by atoms with Crippen molar-refractivity contribution in [3.05, 3.63) is 29.3 Å². The van der Waals surface area contributed by atoms with Gasteiger partial charge in [-0.1, -0.05) is 18.9 Å². The minimum atomic E-state index is 0. The van der Waals surface area contributed by atoms with E-state index < -0.39 is 0 Å². The van der Waals surface area contributed by atoms with E-state index in [1.54, 1.807) is 0 Å². The summed E-state index contributed by atoms with van der Waals surface area (Å²) in [6.07, 6.45) is 5.91. The smallest absolute Gasteiger partial charge is 0.251 e. The Hall–Kier alpha value is -1.22. The largest absolute Gasteiger partial charge is 0.385 e. The van der Waals surface area contributed by atoms with Crippen LogP contribution in [0, 0.1) is 5.92 Å². The van der Waals surface area contributed by atoms with E-state index in [9.17, 15) is 4.79 Å². The first-order valence-electron chi connectivity index (χ1n) is 7.40. The molecule has 2 N–H and O–H groups in total. The van der Waals surface area contributed by atoms with Crippen LogP contribution in [0.15, 0.2) is 18.2 Å². The molecule has 1 aromatic carbocycles. The van der Waals surface area contributed by atoms with Gasteiger partial charge in [-0.25, -0.2) is 0 Å². The summed E-state index contributed by atoms with van der Waals surface area (Å²) in [7, 11) is 0. The van der Waals surface area contributed by atoms with Gasteiger partial charge in [0.1, 0.15) is 0 Å². The zero-order valence-electron chi connectivity index (χ0n) is 11.9. The van der Waals surface area contributed by atoms with Crippen LogP contribution in [0.2, 0.25) is 0 Å². The highest BCUT2D eigenvalue weighted by molar-refractivity contribution is 5.97. The van der Waals surface area contributed by atoms with E-state index in [-0.39, 0.29) is 24.4 Å². The van der Waals surface area contributed by atoms with Gasteiger partial charge in [0, 0.05) is 23.8 Å². The van der Waals surface area contributed by atoms with Gasteiger partial charge in [0.05, 0.1) is 0 Å². The van der Waals surface area contributed by atoms with E-state index >= 15 is 0 Å². The summed E-state index contributed by atoms with van der Waals surface area (Å²) in [5.41, 5.74) is 3.17. The maximum atomic E-state index is 12.4. The van der Waals surface area contributed by atoms with E-state index in [1.807, 2.05) is 12.1 Å². The first-order chi connectivity index (χ1) is 9.24. The Morgan fingerprint density at radius 2 is 2.25 bits per heavy atom. The van der Waals surface area contributed by atoms with Gasteiger partial charge in [0.25, 0.3) is 5.91 Å². The van der Waals surface area contributed by atoms with Crippen molar-refractivity contribution in [1.29, 1.82) is 0 Å². The Morgan fingerprint density at radius 3 is 3.00 bits per heavy atom. The summed E-state index contributed by atoms with van der Waals surface area (Å²) in [5, 5.41) is 6.52. The number of benzene rings is 1. The molecule has 0 spiro atoms. The lowest BCUT2D eigenvalue weighted by atomic mass is 9.97. The molecule has 3 rings (SSSR count). The second kappa shape index (κ2) is 6.49. The van der Waals surface area contributed by atoms with Crippen molar-refractivity contribution < 1.29 is 4.79 Å². The molecular weight excluding hydrogens is 272 g/mol. The molecule has 1 aliphatic heterocycles. The van der Waals surface area contributed by atoms with Crippen molar-refractivity contribution >= 4 is 24.0 Å². The van der Waals surface area contributed by atoms with Gasteiger partial charge in [0.2, 0.25) is 0 Å². The Morgan fingerprint density at radius 1 is 1.45 bits per heavy atom. The summed E-state index contributed by atoms with van der Waals surface area (Å²) >= 11 is 0. The molecule has 20 heavy (non-hydrogen) atoms. The lowest BCUT2D eigenvalue weighted by Crippen LogP contribution is -2.34. The predicted molar refractivity (Wildman–Crippen MR) is 84.8 cm³/mol. The van der Waals surface area contributed by atoms with Crippen LogP contribution in [0.5, 0.6) is 0 Å². The minimum Gasteiger partial charge on any atom is -0.385 e. The number of anilines is 1. The van der Waals surface area contributed by atoms with Crippen molar-refractivity contribution in [3.63, 3.8) is 0 Å². The molecule has 1 amide bonds. The van der Waals surface area contributed by atoms with Crippen LogP contribution < -0.4 is 10.6 Å². The molecule has 1 saturated carbocycles. The average Bonchev–Trinajstić information content (AvgIpc) is 3.21. The standard InChI is InChI=1S/C16H22N2O.ClH/c1-11(10-12-7-8-12)18-16(19)14-4-2-6-15-13(14)5-3-9-17-15;/h2,4,6,11-12,17H,3,5,7-10H2,1H3,(H,18,19);1H. The van der Waals surface area contributed by atoms with E-state index in [1.165, 1.54) is 18.4 Å². The third-order valence-electron chi connectivity index (χ3n) is 4.10. The highest BCUT2D eigenvalue weighted by Gasteiger charge is 2.25. The van der Waals surface area contributed by atoms with Gasteiger partial charge in [-0.2, -0.15) is 0 Å². The number of hydrogen-bond donors (Lipinski definition) is 2. The third kappa shape index (κ3) is 3.45. The fourth-order valence-electron chi connectivity index (χ4n) is 2.94. The Bertz CT molecular complexity index is 485. The molecule has 0 aromatic heterocycles. The molecule has 1 atom stereocenters. The maximum Gasteiger partial charge on any atom is 0.251 e. The fourth-order valence-corrected chi connectivity index (χ4v) is 2.94. The predicted octanol–water partition coefficient (Wildman–Crippen LogP) is 3.38. The second-order valence-electron chi connectivity index (χ2n) is 5.92. The molecule has 1 aromatic rings. The van der Waals surface area contributed by atoms with Crippen molar-refractivity contribution in [2.75, 3.05) is 11.9 Å². The van der Waals surface area contributed by atoms with Gasteiger partial charge in [-0.3, -0.25) is 4.79 Å². The lowest BCUT2D eigenvalue weighted by molar-refractivity contribution is 0.0936. The molecule has 4 heteroatoms. The number of amides is 1. The van der Waals surface area contributed by atoms with Crippen LogP contribution in [-0.4, -0.2) is 18.5 Å². The Balaban J connectivity index is 0.00000147. The number of carbonyl (C=O) groups excluding carboxylic acids is 1. The first kappa shape index (κ1) is 15.2. The molecule has 0 bridgehead atoms. The van der Waals surface area contributed by atoms with Gasteiger partial charge in [0.15, 0.2) is 0 Å². The number of rotatable bonds is 4. The van der Waals surface area contributed by atoms with Gasteiger partial charge in [-0.15, -0.1) is 12.4 Å². The van der Waals surface area contributed by atoms with Crippen molar-refractivity contribution in [3.8, 4) is 0 Å². The summed E-state index contributed by atoms with van der Waals surface area (Å²) in [5.74, 6) is 0.940. The monoisotopic (exact) mass is 294 g/mol. The molecule has 1 heterocycles. The van der Waals surface area contributed by atoms with Crippen molar-refractivity contribution in [1.82, 2.24) is 5.32 Å². The van der Waals surface area contributed by atoms with Crippen LogP contribution in [0.1, 0.15) is 48.5 Å². The molecule has 2 aliphatic rings. The quantitative estimate of drug-likeness (QED) is 0.894. The SMILES string of the molecule is CC(CC1CC1)NC(=O)c1cccc2c1CCCN2.Cl. The van der Waals surface area contributed by atoms with Crippen LogP contribution in [0.3, 0.4) is 0 Å². The van der Waals surface area contributed by atoms with E-state index in [0.717, 1.165) is 43.0 Å². The third-order valence-corrected chi connectivity index (χ3v) is 4.10. The topological polar surface area (TPSA) is 41.1 Å². The van der Waals surface area contributed by atoms with Gasteiger partial charge in [-0.05, 0) is 49.8 Å². The van der Waals surface area contributed by atoms with Gasteiger partial charge >= 0.3 is 0 Å². The molecular formula is C16H23ClN2O. The molecule has 0 radical (unpaired) electrons. The van der Waals surface area contributed by atoms with Crippen LogP contribution in [0.4, 0.5) is 5.69 Å². The number of fused-ring (bicyclic) bond motifs is 1. The number of hydrogen-bond acceptors (Lipinski definition) is 2. The summed E-state index contributed by atoms with van der Waals surface area (Å²) in [4.78, 5) is 12.4. The van der Waals surface area contributed by atoms with Gasteiger partial charge < -0.3 is 10.6 Å². The fraction of sp³-hybridized carbons (Fsp3) is 0.562. The van der Waals surface area contributed by atoms with E-state index in [0.29, 0.717) is 0 Å². The molecule has 1 unspecified atom stereocenters. The van der Waals surface area contributed by atoms with Crippen molar-refractivity contribution in [2.45, 2.75) is 45.1 Å². The molecule has 1 aliphatic carbocycles. The highest BCUT2D eigenvalue weighted by Crippen LogP contribution is 2.33. The van der Waals surface area contributed by atoms with Crippen LogP contribution >= 0.6 is 12.4 Å². The summed E-state index contributed by atoms with van der Waals surface area (Å²) < 4.78 is 0. The maximum absolute atomic E-state index is 12.4. The number of nitrogens with one attached hydrogen (secondary N) is 2. The van der Waals surface area contributed by atoms with E-state index in [2.05, 4.69) is 23.6 Å². The molecule has 1 fully saturated rings. The molecule has 0 saturated heterocycles. The first-order valence-corrected chi connectivity index (χ1v) is 7.40.